The zero-order chi connectivity index (χ0) is 17.4. The average molecular weight is 330 g/mol. The van der Waals surface area contributed by atoms with Crippen molar-refractivity contribution in [3.63, 3.8) is 0 Å². The van der Waals surface area contributed by atoms with Gasteiger partial charge in [0, 0.05) is 30.8 Å². The molecule has 4 rings (SSSR count). The van der Waals surface area contributed by atoms with E-state index in [1.165, 1.54) is 0 Å². The van der Waals surface area contributed by atoms with Crippen LogP contribution in [-0.2, 0) is 19.1 Å². The van der Waals surface area contributed by atoms with Gasteiger partial charge in [-0.05, 0) is 31.8 Å². The lowest BCUT2D eigenvalue weighted by Crippen LogP contribution is -2.45. The summed E-state index contributed by atoms with van der Waals surface area (Å²) < 4.78 is 5.50. The summed E-state index contributed by atoms with van der Waals surface area (Å²) in [4.78, 5) is 37.9. The molecule has 5 heteroatoms. The molecule has 1 heterocycles. The average Bonchev–Trinajstić information content (AvgIpc) is 2.81. The number of rotatable bonds is 1. The normalized spacial score (nSPS) is 44.1. The number of carbonyl (C=O) groups is 3. The number of fused-ring (bicyclic) bond motifs is 1. The minimum atomic E-state index is -1.19. The monoisotopic (exact) mass is 330 g/mol. The fourth-order valence-electron chi connectivity index (χ4n) is 5.25. The number of ketones is 2. The van der Waals surface area contributed by atoms with Crippen LogP contribution in [0.4, 0.5) is 0 Å². The lowest BCUT2D eigenvalue weighted by atomic mass is 9.66. The Morgan fingerprint density at radius 1 is 1.29 bits per heavy atom. The van der Waals surface area contributed by atoms with E-state index in [-0.39, 0.29) is 42.2 Å². The van der Waals surface area contributed by atoms with Crippen LogP contribution in [0.3, 0.4) is 0 Å². The predicted molar refractivity (Wildman–Crippen MR) is 84.8 cm³/mol. The molecule has 0 spiro atoms. The number of ether oxygens (including phenoxy) is 1. The molecule has 0 aromatic carbocycles. The maximum atomic E-state index is 13.1. The molecule has 6 atom stereocenters. The minimum absolute atomic E-state index is 0.000328. The summed E-state index contributed by atoms with van der Waals surface area (Å²) in [6.07, 6.45) is 0.815. The Morgan fingerprint density at radius 2 is 2.00 bits per heavy atom. The molecule has 5 nitrogen and oxygen atoms in total. The van der Waals surface area contributed by atoms with Crippen molar-refractivity contribution in [2.45, 2.75) is 51.2 Å². The van der Waals surface area contributed by atoms with E-state index in [1.807, 2.05) is 6.92 Å². The van der Waals surface area contributed by atoms with Crippen molar-refractivity contribution >= 4 is 17.5 Å². The maximum Gasteiger partial charge on any atom is 0.313 e. The fourth-order valence-corrected chi connectivity index (χ4v) is 5.25. The third kappa shape index (κ3) is 2.00. The molecule has 24 heavy (non-hydrogen) atoms. The maximum absolute atomic E-state index is 13.1. The van der Waals surface area contributed by atoms with Gasteiger partial charge < -0.3 is 9.84 Å². The lowest BCUT2D eigenvalue weighted by Gasteiger charge is -2.36. The van der Waals surface area contributed by atoms with Crippen molar-refractivity contribution < 1.29 is 24.2 Å². The van der Waals surface area contributed by atoms with E-state index in [9.17, 15) is 19.5 Å². The standard InChI is InChI=1S/C19H22O5/c1-8(2)9-4-10(20)6-12-11(5-9)14-15-13(24-18(14)22)7-19(3,23)16(15)17(12)21/h9,13-16,23H,1,4-7H2,2-3H3/t9-,13-,14+,15+,16+,19+/m0/s1. The van der Waals surface area contributed by atoms with Gasteiger partial charge in [0.2, 0.25) is 0 Å². The summed E-state index contributed by atoms with van der Waals surface area (Å²) in [5, 5.41) is 10.7. The summed E-state index contributed by atoms with van der Waals surface area (Å²) in [7, 11) is 0. The summed E-state index contributed by atoms with van der Waals surface area (Å²) in [5.74, 6) is -1.93. The van der Waals surface area contributed by atoms with Gasteiger partial charge in [-0.15, -0.1) is 0 Å². The van der Waals surface area contributed by atoms with E-state index in [0.29, 0.717) is 18.4 Å². The van der Waals surface area contributed by atoms with Gasteiger partial charge >= 0.3 is 5.97 Å². The number of carbonyl (C=O) groups excluding carboxylic acids is 3. The van der Waals surface area contributed by atoms with E-state index < -0.39 is 23.5 Å². The molecule has 0 radical (unpaired) electrons. The molecular formula is C19H22O5. The van der Waals surface area contributed by atoms with Crippen LogP contribution in [0.15, 0.2) is 23.3 Å². The summed E-state index contributed by atoms with van der Waals surface area (Å²) >= 11 is 0. The van der Waals surface area contributed by atoms with Crippen molar-refractivity contribution in [3.8, 4) is 0 Å². The Balaban J connectivity index is 1.86. The summed E-state index contributed by atoms with van der Waals surface area (Å²) in [6, 6.07) is 0. The first-order valence-corrected chi connectivity index (χ1v) is 8.57. The van der Waals surface area contributed by atoms with E-state index >= 15 is 0 Å². The van der Waals surface area contributed by atoms with E-state index in [1.54, 1.807) is 6.92 Å². The van der Waals surface area contributed by atoms with Gasteiger partial charge in [0.25, 0.3) is 0 Å². The van der Waals surface area contributed by atoms with Crippen molar-refractivity contribution in [1.82, 2.24) is 0 Å². The van der Waals surface area contributed by atoms with Crippen LogP contribution >= 0.6 is 0 Å². The topological polar surface area (TPSA) is 80.7 Å². The van der Waals surface area contributed by atoms with E-state index in [0.717, 1.165) is 11.1 Å². The molecule has 4 aliphatic rings. The molecule has 128 valence electrons. The number of Topliss-reactive ketones (excluding diaryl/α,β-unsaturated/α-hetero) is 2. The highest BCUT2D eigenvalue weighted by molar-refractivity contribution is 6.06. The fraction of sp³-hybridized carbons (Fsp3) is 0.632. The summed E-state index contributed by atoms with van der Waals surface area (Å²) in [6.45, 7) is 7.49. The second kappa shape index (κ2) is 4.88. The molecule has 0 unspecified atom stereocenters. The van der Waals surface area contributed by atoms with Gasteiger partial charge in [-0.3, -0.25) is 14.4 Å². The SMILES string of the molecule is C=C(C)[C@H]1CC(=O)CC2=C(C1)[C@H]1C(=O)O[C@H]3C[C@@](C)(O)[C@@H](C2=O)[C@@H]13. The van der Waals surface area contributed by atoms with Gasteiger partial charge in [-0.25, -0.2) is 0 Å². The Hall–Kier alpha value is -1.75. The van der Waals surface area contributed by atoms with Gasteiger partial charge in [-0.1, -0.05) is 12.2 Å². The Bertz CT molecular complexity index is 713. The molecule has 1 saturated carbocycles. The number of hydrogen-bond donors (Lipinski definition) is 1. The molecule has 0 aromatic heterocycles. The molecule has 1 saturated heterocycles. The molecule has 1 N–H and O–H groups in total. The van der Waals surface area contributed by atoms with E-state index in [4.69, 9.17) is 4.74 Å². The van der Waals surface area contributed by atoms with E-state index in [2.05, 4.69) is 6.58 Å². The van der Waals surface area contributed by atoms with Crippen LogP contribution in [0.1, 0.15) is 39.5 Å². The van der Waals surface area contributed by atoms with Crippen LogP contribution in [-0.4, -0.2) is 34.3 Å². The van der Waals surface area contributed by atoms with Gasteiger partial charge in [0.15, 0.2) is 5.78 Å². The van der Waals surface area contributed by atoms with Crippen LogP contribution in [0.5, 0.6) is 0 Å². The Labute approximate surface area is 140 Å². The molecule has 0 amide bonds. The van der Waals surface area contributed by atoms with Gasteiger partial charge in [0.1, 0.15) is 11.9 Å². The highest BCUT2D eigenvalue weighted by Crippen LogP contribution is 2.57. The Morgan fingerprint density at radius 3 is 2.67 bits per heavy atom. The third-order valence-electron chi connectivity index (χ3n) is 6.36. The smallest absolute Gasteiger partial charge is 0.313 e. The van der Waals surface area contributed by atoms with Crippen LogP contribution in [0.25, 0.3) is 0 Å². The number of allylic oxidation sites excluding steroid dienone is 2. The highest BCUT2D eigenvalue weighted by Gasteiger charge is 2.66. The first-order valence-electron chi connectivity index (χ1n) is 8.57. The van der Waals surface area contributed by atoms with Crippen molar-refractivity contribution in [2.24, 2.45) is 23.7 Å². The zero-order valence-corrected chi connectivity index (χ0v) is 14.0. The first kappa shape index (κ1) is 15.8. The van der Waals surface area contributed by atoms with Crippen molar-refractivity contribution in [3.05, 3.63) is 23.3 Å². The molecular weight excluding hydrogens is 308 g/mol. The third-order valence-corrected chi connectivity index (χ3v) is 6.36. The highest BCUT2D eigenvalue weighted by atomic mass is 16.6. The molecule has 1 aliphatic heterocycles. The van der Waals surface area contributed by atoms with Crippen LogP contribution in [0, 0.1) is 23.7 Å². The zero-order valence-electron chi connectivity index (χ0n) is 14.0. The molecule has 3 aliphatic carbocycles. The molecule has 0 bridgehead atoms. The van der Waals surface area contributed by atoms with Crippen LogP contribution < -0.4 is 0 Å². The number of hydrogen-bond acceptors (Lipinski definition) is 5. The van der Waals surface area contributed by atoms with Crippen molar-refractivity contribution in [2.75, 3.05) is 0 Å². The van der Waals surface area contributed by atoms with Gasteiger partial charge in [-0.2, -0.15) is 0 Å². The lowest BCUT2D eigenvalue weighted by molar-refractivity contribution is -0.146. The van der Waals surface area contributed by atoms with Gasteiger partial charge in [0.05, 0.1) is 17.4 Å². The van der Waals surface area contributed by atoms with Crippen molar-refractivity contribution in [1.29, 1.82) is 0 Å². The molecule has 2 fully saturated rings. The largest absolute Gasteiger partial charge is 0.461 e. The quantitative estimate of drug-likeness (QED) is 0.585. The summed E-state index contributed by atoms with van der Waals surface area (Å²) in [5.41, 5.74) is 0.931. The number of esters is 1. The Kier molecular flexibility index (Phi) is 3.21. The first-order chi connectivity index (χ1) is 11.2. The second-order valence-corrected chi connectivity index (χ2v) is 8.10. The second-order valence-electron chi connectivity index (χ2n) is 8.10. The molecule has 0 aromatic rings. The number of aliphatic hydroxyl groups is 1. The predicted octanol–water partition coefficient (Wildman–Crippen LogP) is 1.74. The van der Waals surface area contributed by atoms with Crippen LogP contribution in [0.2, 0.25) is 0 Å². The minimum Gasteiger partial charge on any atom is -0.461 e.